The number of benzene rings is 2. The number of anilines is 1. The molecule has 27 heavy (non-hydrogen) atoms. The predicted octanol–water partition coefficient (Wildman–Crippen LogP) is 5.11. The number of carbonyl (C=O) groups excluding carboxylic acids is 1. The molecule has 0 atom stereocenters. The van der Waals surface area contributed by atoms with Crippen LogP contribution in [0.1, 0.15) is 36.2 Å². The maximum Gasteiger partial charge on any atom is 0.274 e. The van der Waals surface area contributed by atoms with Gasteiger partial charge in [0.05, 0.1) is 33.9 Å². The van der Waals surface area contributed by atoms with E-state index in [9.17, 15) is 14.9 Å². The number of ether oxygens (including phenoxy) is 2. The molecule has 0 aliphatic rings. The highest BCUT2D eigenvalue weighted by molar-refractivity contribution is 9.10. The Morgan fingerprint density at radius 3 is 2.63 bits per heavy atom. The molecule has 0 fully saturated rings. The van der Waals surface area contributed by atoms with Crippen LogP contribution in [0.4, 0.5) is 11.4 Å². The second-order valence-corrected chi connectivity index (χ2v) is 6.58. The zero-order valence-corrected chi connectivity index (χ0v) is 17.0. The van der Waals surface area contributed by atoms with E-state index in [-0.39, 0.29) is 5.69 Å². The lowest BCUT2D eigenvalue weighted by molar-refractivity contribution is -0.385. The molecule has 0 aliphatic carbocycles. The minimum absolute atomic E-state index is 0.0488. The van der Waals surface area contributed by atoms with Gasteiger partial charge in [0.25, 0.3) is 11.6 Å². The van der Waals surface area contributed by atoms with E-state index in [1.807, 2.05) is 13.8 Å². The molecule has 2 aromatic carbocycles. The summed E-state index contributed by atoms with van der Waals surface area (Å²) in [6.07, 6.45) is 0.840. The minimum Gasteiger partial charge on any atom is -0.490 e. The van der Waals surface area contributed by atoms with Crippen molar-refractivity contribution in [2.24, 2.45) is 0 Å². The van der Waals surface area contributed by atoms with Gasteiger partial charge in [-0.05, 0) is 54.4 Å². The fourth-order valence-electron chi connectivity index (χ4n) is 2.46. The molecule has 8 heteroatoms. The average Bonchev–Trinajstić information content (AvgIpc) is 2.62. The van der Waals surface area contributed by atoms with Gasteiger partial charge in [-0.3, -0.25) is 14.9 Å². The second-order valence-electron chi connectivity index (χ2n) is 5.73. The van der Waals surface area contributed by atoms with Gasteiger partial charge >= 0.3 is 0 Å². The van der Waals surface area contributed by atoms with Gasteiger partial charge in [0.1, 0.15) is 0 Å². The number of halogens is 1. The number of nitro benzene ring substituents is 1. The molecule has 2 rings (SSSR count). The number of nitrogens with zero attached hydrogens (tertiary/aromatic N) is 1. The Kier molecular flexibility index (Phi) is 7.18. The average molecular weight is 437 g/mol. The lowest BCUT2D eigenvalue weighted by Gasteiger charge is -2.15. The third kappa shape index (κ3) is 4.97. The first kappa shape index (κ1) is 20.7. The van der Waals surface area contributed by atoms with Crippen LogP contribution in [-0.2, 0) is 0 Å². The first-order chi connectivity index (χ1) is 12.9. The molecule has 0 unspecified atom stereocenters. The van der Waals surface area contributed by atoms with Crippen molar-refractivity contribution in [1.82, 2.24) is 0 Å². The van der Waals surface area contributed by atoms with Gasteiger partial charge in [-0.1, -0.05) is 13.0 Å². The quantitative estimate of drug-likeness (QED) is 0.458. The topological polar surface area (TPSA) is 90.7 Å². The summed E-state index contributed by atoms with van der Waals surface area (Å²) < 4.78 is 11.9. The molecule has 0 saturated carbocycles. The molecule has 1 amide bonds. The number of rotatable bonds is 8. The molecule has 7 nitrogen and oxygen atoms in total. The molecule has 2 aromatic rings. The highest BCUT2D eigenvalue weighted by Crippen LogP contribution is 2.37. The van der Waals surface area contributed by atoms with E-state index in [0.717, 1.165) is 6.42 Å². The van der Waals surface area contributed by atoms with Gasteiger partial charge in [-0.15, -0.1) is 0 Å². The maximum absolute atomic E-state index is 12.7. The van der Waals surface area contributed by atoms with Crippen LogP contribution in [0.3, 0.4) is 0 Å². The molecule has 0 spiro atoms. The van der Waals surface area contributed by atoms with Crippen molar-refractivity contribution >= 4 is 33.2 Å². The summed E-state index contributed by atoms with van der Waals surface area (Å²) in [5.41, 5.74) is 1.07. The SMILES string of the molecule is CCCOc1c(Br)cc(C(=O)Nc2cccc([N+](=O)[O-])c2C)cc1OCC. The second kappa shape index (κ2) is 9.36. The van der Waals surface area contributed by atoms with Crippen LogP contribution in [0.2, 0.25) is 0 Å². The van der Waals surface area contributed by atoms with Crippen LogP contribution >= 0.6 is 15.9 Å². The summed E-state index contributed by atoms with van der Waals surface area (Å²) in [4.78, 5) is 23.3. The highest BCUT2D eigenvalue weighted by Gasteiger charge is 2.19. The van der Waals surface area contributed by atoms with Crippen molar-refractivity contribution in [3.63, 3.8) is 0 Å². The molecule has 0 aromatic heterocycles. The van der Waals surface area contributed by atoms with Crippen molar-refractivity contribution in [2.75, 3.05) is 18.5 Å². The third-order valence-corrected chi connectivity index (χ3v) is 4.36. The maximum atomic E-state index is 12.7. The summed E-state index contributed by atoms with van der Waals surface area (Å²) >= 11 is 3.42. The fraction of sp³-hybridized carbons (Fsp3) is 0.316. The lowest BCUT2D eigenvalue weighted by Crippen LogP contribution is -2.14. The summed E-state index contributed by atoms with van der Waals surface area (Å²) in [5.74, 6) is 0.602. The van der Waals surface area contributed by atoms with Crippen molar-refractivity contribution < 1.29 is 19.2 Å². The van der Waals surface area contributed by atoms with E-state index in [2.05, 4.69) is 21.2 Å². The Labute approximate surface area is 166 Å². The van der Waals surface area contributed by atoms with Crippen LogP contribution in [0.5, 0.6) is 11.5 Å². The first-order valence-corrected chi connectivity index (χ1v) is 9.32. The van der Waals surface area contributed by atoms with Crippen molar-refractivity contribution in [3.05, 3.63) is 56.0 Å². The zero-order valence-electron chi connectivity index (χ0n) is 15.4. The Balaban J connectivity index is 2.34. The molecule has 0 radical (unpaired) electrons. The summed E-state index contributed by atoms with van der Waals surface area (Å²) in [6, 6.07) is 7.78. The molecule has 144 valence electrons. The normalized spacial score (nSPS) is 10.4. The van der Waals surface area contributed by atoms with Gasteiger partial charge in [0.2, 0.25) is 0 Å². The molecule has 0 saturated heterocycles. The van der Waals surface area contributed by atoms with Crippen molar-refractivity contribution in [3.8, 4) is 11.5 Å². The smallest absolute Gasteiger partial charge is 0.274 e. The first-order valence-electron chi connectivity index (χ1n) is 8.53. The van der Waals surface area contributed by atoms with Gasteiger partial charge < -0.3 is 14.8 Å². The van der Waals surface area contributed by atoms with E-state index in [1.54, 1.807) is 25.1 Å². The predicted molar refractivity (Wildman–Crippen MR) is 107 cm³/mol. The molecule has 1 N–H and O–H groups in total. The molecule has 0 heterocycles. The van der Waals surface area contributed by atoms with Crippen LogP contribution in [0.25, 0.3) is 0 Å². The number of hydrogen-bond acceptors (Lipinski definition) is 5. The Hall–Kier alpha value is -2.61. The van der Waals surface area contributed by atoms with Crippen molar-refractivity contribution in [1.29, 1.82) is 0 Å². The van der Waals surface area contributed by atoms with E-state index in [1.165, 1.54) is 12.1 Å². The summed E-state index contributed by atoms with van der Waals surface area (Å²) in [6.45, 7) is 6.38. The summed E-state index contributed by atoms with van der Waals surface area (Å²) in [5, 5.41) is 13.8. The minimum atomic E-state index is -0.478. The van der Waals surface area contributed by atoms with Gasteiger partial charge in [0.15, 0.2) is 11.5 Å². The summed E-state index contributed by atoms with van der Waals surface area (Å²) in [7, 11) is 0. The highest BCUT2D eigenvalue weighted by atomic mass is 79.9. The Morgan fingerprint density at radius 1 is 1.26 bits per heavy atom. The van der Waals surface area contributed by atoms with E-state index in [4.69, 9.17) is 9.47 Å². The number of nitrogens with one attached hydrogen (secondary N) is 1. The van der Waals surface area contributed by atoms with Crippen molar-refractivity contribution in [2.45, 2.75) is 27.2 Å². The number of carbonyl (C=O) groups is 1. The van der Waals surface area contributed by atoms with Crippen LogP contribution in [-0.4, -0.2) is 24.0 Å². The van der Waals surface area contributed by atoms with Crippen LogP contribution in [0, 0.1) is 17.0 Å². The standard InChI is InChI=1S/C19H21BrN2O5/c1-4-9-27-18-14(20)10-13(11-17(18)26-5-2)19(23)21-15-7-6-8-16(12(15)3)22(24)25/h6-8,10-11H,4-5,9H2,1-3H3,(H,21,23). The molecule has 0 bridgehead atoms. The zero-order chi connectivity index (χ0) is 20.0. The fourth-order valence-corrected chi connectivity index (χ4v) is 3.01. The molecular weight excluding hydrogens is 416 g/mol. The number of amides is 1. The van der Waals surface area contributed by atoms with Gasteiger partial charge in [-0.2, -0.15) is 0 Å². The van der Waals surface area contributed by atoms with E-state index in [0.29, 0.717) is 46.0 Å². The van der Waals surface area contributed by atoms with Crippen LogP contribution in [0.15, 0.2) is 34.8 Å². The Bertz CT molecular complexity index is 854. The number of hydrogen-bond donors (Lipinski definition) is 1. The largest absolute Gasteiger partial charge is 0.490 e. The third-order valence-electron chi connectivity index (χ3n) is 3.77. The molecular formula is C19H21BrN2O5. The monoisotopic (exact) mass is 436 g/mol. The van der Waals surface area contributed by atoms with Gasteiger partial charge in [0, 0.05) is 11.6 Å². The van der Waals surface area contributed by atoms with E-state index >= 15 is 0 Å². The van der Waals surface area contributed by atoms with E-state index < -0.39 is 10.8 Å². The van der Waals surface area contributed by atoms with Gasteiger partial charge in [-0.25, -0.2) is 0 Å². The number of nitro groups is 1. The van der Waals surface area contributed by atoms with Crippen LogP contribution < -0.4 is 14.8 Å². The Morgan fingerprint density at radius 2 is 2.00 bits per heavy atom. The molecule has 0 aliphatic heterocycles. The lowest BCUT2D eigenvalue weighted by atomic mass is 10.1.